The second-order valence-electron chi connectivity index (χ2n) is 6.91. The molecule has 0 bridgehead atoms. The Hall–Kier alpha value is -2.93. The summed E-state index contributed by atoms with van der Waals surface area (Å²) in [5, 5.41) is 5.00. The zero-order valence-electron chi connectivity index (χ0n) is 15.4. The van der Waals surface area contributed by atoms with Crippen LogP contribution in [0.1, 0.15) is 17.7 Å². The summed E-state index contributed by atoms with van der Waals surface area (Å²) < 4.78 is 0. The number of carbonyl (C=O) groups is 2. The molecule has 1 aliphatic heterocycles. The molecule has 3 heterocycles. The summed E-state index contributed by atoms with van der Waals surface area (Å²) in [5.41, 5.74) is 3.03. The van der Waals surface area contributed by atoms with Gasteiger partial charge in [0.15, 0.2) is 0 Å². The van der Waals surface area contributed by atoms with Gasteiger partial charge < -0.3 is 15.2 Å². The number of nitrogens with zero attached hydrogens (tertiary/aromatic N) is 2. The van der Waals surface area contributed by atoms with E-state index in [1.54, 1.807) is 22.6 Å². The van der Waals surface area contributed by atoms with Crippen molar-refractivity contribution in [3.05, 3.63) is 65.4 Å². The maximum atomic E-state index is 12.5. The summed E-state index contributed by atoms with van der Waals surface area (Å²) in [6, 6.07) is 13.9. The predicted octanol–water partition coefficient (Wildman–Crippen LogP) is 2.85. The molecule has 3 aromatic rings. The zero-order valence-corrected chi connectivity index (χ0v) is 16.2. The van der Waals surface area contributed by atoms with Gasteiger partial charge in [-0.25, -0.2) is 4.98 Å². The second-order valence-corrected chi connectivity index (χ2v) is 7.86. The number of rotatable bonds is 7. The first-order valence-electron chi connectivity index (χ1n) is 9.36. The molecule has 1 saturated heterocycles. The van der Waals surface area contributed by atoms with Crippen LogP contribution < -0.4 is 5.32 Å². The van der Waals surface area contributed by atoms with E-state index in [0.29, 0.717) is 26.1 Å². The third kappa shape index (κ3) is 4.14. The molecule has 0 radical (unpaired) electrons. The van der Waals surface area contributed by atoms with Crippen LogP contribution in [-0.2, 0) is 22.6 Å². The normalized spacial score (nSPS) is 16.5. The van der Waals surface area contributed by atoms with Crippen LogP contribution in [0.5, 0.6) is 0 Å². The minimum Gasteiger partial charge on any atom is -0.355 e. The molecule has 1 atom stereocenters. The Morgan fingerprint density at radius 3 is 2.89 bits per heavy atom. The first kappa shape index (κ1) is 18.4. The van der Waals surface area contributed by atoms with Crippen molar-refractivity contribution in [1.29, 1.82) is 0 Å². The van der Waals surface area contributed by atoms with Crippen LogP contribution in [0.2, 0.25) is 0 Å². The van der Waals surface area contributed by atoms with Crippen molar-refractivity contribution in [3.8, 4) is 10.6 Å². The highest BCUT2D eigenvalue weighted by molar-refractivity contribution is 7.13. The Bertz CT molecular complexity index is 936. The number of H-pyrrole nitrogens is 1. The Kier molecular flexibility index (Phi) is 5.53. The van der Waals surface area contributed by atoms with Gasteiger partial charge in [0.25, 0.3) is 0 Å². The second kappa shape index (κ2) is 8.39. The number of likely N-dealkylation sites (tertiary alicyclic amines) is 1. The molecule has 1 unspecified atom stereocenters. The molecule has 0 spiro atoms. The number of hydrogen-bond donors (Lipinski definition) is 2. The van der Waals surface area contributed by atoms with Crippen molar-refractivity contribution in [1.82, 2.24) is 20.2 Å². The Balaban J connectivity index is 1.28. The number of aromatic nitrogens is 2. The Morgan fingerprint density at radius 2 is 2.11 bits per heavy atom. The van der Waals surface area contributed by atoms with Gasteiger partial charge in [-0.1, -0.05) is 36.4 Å². The first-order chi connectivity index (χ1) is 13.7. The maximum absolute atomic E-state index is 12.5. The molecule has 0 saturated carbocycles. The summed E-state index contributed by atoms with van der Waals surface area (Å²) in [4.78, 5) is 35.2. The van der Waals surface area contributed by atoms with E-state index < -0.39 is 0 Å². The monoisotopic (exact) mass is 394 g/mol. The number of hydrogen-bond acceptors (Lipinski definition) is 4. The van der Waals surface area contributed by atoms with Gasteiger partial charge in [-0.05, 0) is 17.0 Å². The third-order valence-corrected chi connectivity index (χ3v) is 5.83. The lowest BCUT2D eigenvalue weighted by Gasteiger charge is -2.16. The van der Waals surface area contributed by atoms with Gasteiger partial charge >= 0.3 is 0 Å². The third-order valence-electron chi connectivity index (χ3n) is 4.95. The fraction of sp³-hybridized carbons (Fsp3) is 0.286. The van der Waals surface area contributed by atoms with Gasteiger partial charge in [-0.15, -0.1) is 11.3 Å². The average molecular weight is 395 g/mol. The molecule has 0 aliphatic carbocycles. The van der Waals surface area contributed by atoms with Crippen LogP contribution in [0.3, 0.4) is 0 Å². The molecule has 6 nitrogen and oxygen atoms in total. The van der Waals surface area contributed by atoms with Crippen molar-refractivity contribution in [2.24, 2.45) is 5.92 Å². The number of benzene rings is 1. The van der Waals surface area contributed by atoms with Crippen molar-refractivity contribution in [3.63, 3.8) is 0 Å². The van der Waals surface area contributed by atoms with E-state index in [-0.39, 0.29) is 24.2 Å². The standard InChI is InChI=1S/C21H22N4O2S/c26-19-11-16(13-25(19)12-15-5-2-1-3-6-15)21(27)22-9-8-17-20(24-14-23-17)18-7-4-10-28-18/h1-7,10,14,16H,8-9,11-13H2,(H,22,27)(H,23,24). The van der Waals surface area contributed by atoms with Crippen molar-refractivity contribution in [2.45, 2.75) is 19.4 Å². The topological polar surface area (TPSA) is 78.1 Å². The molecule has 2 amide bonds. The fourth-order valence-corrected chi connectivity index (χ4v) is 4.25. The van der Waals surface area contributed by atoms with Crippen LogP contribution in [0.15, 0.2) is 54.2 Å². The molecule has 1 aliphatic rings. The average Bonchev–Trinajstić information content (AvgIpc) is 3.44. The van der Waals surface area contributed by atoms with Crippen molar-refractivity contribution in [2.75, 3.05) is 13.1 Å². The van der Waals surface area contributed by atoms with Gasteiger partial charge in [-0.2, -0.15) is 0 Å². The summed E-state index contributed by atoms with van der Waals surface area (Å²) in [7, 11) is 0. The van der Waals surface area contributed by atoms with Crippen molar-refractivity contribution >= 4 is 23.2 Å². The summed E-state index contributed by atoms with van der Waals surface area (Å²) >= 11 is 1.64. The highest BCUT2D eigenvalue weighted by Gasteiger charge is 2.34. The molecular formula is C21H22N4O2S. The van der Waals surface area contributed by atoms with E-state index in [2.05, 4.69) is 15.3 Å². The smallest absolute Gasteiger partial charge is 0.225 e. The van der Waals surface area contributed by atoms with Crippen LogP contribution >= 0.6 is 11.3 Å². The number of aromatic amines is 1. The van der Waals surface area contributed by atoms with E-state index in [1.165, 1.54) is 0 Å². The first-order valence-corrected chi connectivity index (χ1v) is 10.2. The molecule has 4 rings (SSSR count). The van der Waals surface area contributed by atoms with Gasteiger partial charge in [0.05, 0.1) is 17.1 Å². The Labute approximate surface area is 167 Å². The molecule has 28 heavy (non-hydrogen) atoms. The molecule has 2 aromatic heterocycles. The van der Waals surface area contributed by atoms with E-state index in [1.807, 2.05) is 47.8 Å². The number of imidazole rings is 1. The fourth-order valence-electron chi connectivity index (χ4n) is 3.50. The summed E-state index contributed by atoms with van der Waals surface area (Å²) in [5.74, 6) is -0.298. The van der Waals surface area contributed by atoms with Gasteiger partial charge in [0, 0.05) is 38.2 Å². The largest absolute Gasteiger partial charge is 0.355 e. The lowest BCUT2D eigenvalue weighted by molar-refractivity contribution is -0.129. The van der Waals surface area contributed by atoms with Gasteiger partial charge in [-0.3, -0.25) is 9.59 Å². The number of nitrogens with one attached hydrogen (secondary N) is 2. The van der Waals surface area contributed by atoms with Gasteiger partial charge in [0.1, 0.15) is 5.69 Å². The molecular weight excluding hydrogens is 372 g/mol. The number of amides is 2. The highest BCUT2D eigenvalue weighted by Crippen LogP contribution is 2.25. The molecule has 2 N–H and O–H groups in total. The number of carbonyl (C=O) groups excluding carboxylic acids is 2. The minimum absolute atomic E-state index is 0.0394. The lowest BCUT2D eigenvalue weighted by Crippen LogP contribution is -2.34. The lowest BCUT2D eigenvalue weighted by atomic mass is 10.1. The maximum Gasteiger partial charge on any atom is 0.225 e. The van der Waals surface area contributed by atoms with Crippen molar-refractivity contribution < 1.29 is 9.59 Å². The van der Waals surface area contributed by atoms with E-state index >= 15 is 0 Å². The molecule has 144 valence electrons. The van der Waals surface area contributed by atoms with E-state index in [9.17, 15) is 9.59 Å². The number of thiophene rings is 1. The highest BCUT2D eigenvalue weighted by atomic mass is 32.1. The summed E-state index contributed by atoms with van der Waals surface area (Å²) in [6.07, 6.45) is 2.64. The summed E-state index contributed by atoms with van der Waals surface area (Å²) in [6.45, 7) is 1.55. The van der Waals surface area contributed by atoms with Crippen LogP contribution in [0, 0.1) is 5.92 Å². The van der Waals surface area contributed by atoms with Gasteiger partial charge in [0.2, 0.25) is 11.8 Å². The molecule has 7 heteroatoms. The van der Waals surface area contributed by atoms with Crippen LogP contribution in [0.25, 0.3) is 10.6 Å². The molecule has 1 fully saturated rings. The van der Waals surface area contributed by atoms with E-state index in [4.69, 9.17) is 0 Å². The van der Waals surface area contributed by atoms with E-state index in [0.717, 1.165) is 21.8 Å². The molecule has 1 aromatic carbocycles. The Morgan fingerprint density at radius 1 is 1.25 bits per heavy atom. The minimum atomic E-state index is -0.283. The predicted molar refractivity (Wildman–Crippen MR) is 109 cm³/mol. The quantitative estimate of drug-likeness (QED) is 0.647. The zero-order chi connectivity index (χ0) is 19.3. The van der Waals surface area contributed by atoms with Crippen LogP contribution in [0.4, 0.5) is 0 Å². The van der Waals surface area contributed by atoms with Crippen LogP contribution in [-0.4, -0.2) is 39.8 Å². The SMILES string of the molecule is O=C(NCCc1[nH]cnc1-c1cccs1)C1CC(=O)N(Cc2ccccc2)C1.